The summed E-state index contributed by atoms with van der Waals surface area (Å²) >= 11 is 0. The zero-order chi connectivity index (χ0) is 20.2. The molecule has 1 aromatic heterocycles. The molecule has 1 aliphatic rings. The van der Waals surface area contributed by atoms with E-state index in [9.17, 15) is 13.9 Å². The molecule has 3 aromatic rings. The number of rotatable bonds is 5. The fourth-order valence-electron chi connectivity index (χ4n) is 3.75. The van der Waals surface area contributed by atoms with Gasteiger partial charge in [0.2, 0.25) is 0 Å². The smallest absolute Gasteiger partial charge is 0.159 e. The van der Waals surface area contributed by atoms with Crippen molar-refractivity contribution >= 4 is 5.69 Å². The Balaban J connectivity index is 1.44. The van der Waals surface area contributed by atoms with Crippen molar-refractivity contribution in [2.24, 2.45) is 0 Å². The van der Waals surface area contributed by atoms with Crippen LogP contribution in [-0.2, 0) is 6.54 Å². The Morgan fingerprint density at radius 1 is 0.897 bits per heavy atom. The number of hydrogen-bond acceptors (Lipinski definition) is 4. The van der Waals surface area contributed by atoms with Crippen molar-refractivity contribution in [2.75, 3.05) is 31.1 Å². The van der Waals surface area contributed by atoms with Crippen molar-refractivity contribution in [2.45, 2.75) is 12.6 Å². The predicted octanol–water partition coefficient (Wildman–Crippen LogP) is 3.76. The monoisotopic (exact) mass is 395 g/mol. The van der Waals surface area contributed by atoms with Gasteiger partial charge in [-0.05, 0) is 35.9 Å². The molecule has 1 saturated heterocycles. The first-order valence-electron chi connectivity index (χ1n) is 9.71. The Hall–Kier alpha value is -2.83. The number of piperazine rings is 1. The number of pyridine rings is 1. The Labute approximate surface area is 169 Å². The van der Waals surface area contributed by atoms with Gasteiger partial charge in [0.15, 0.2) is 11.6 Å². The summed E-state index contributed by atoms with van der Waals surface area (Å²) < 4.78 is 26.6. The molecule has 0 saturated carbocycles. The van der Waals surface area contributed by atoms with Crippen LogP contribution in [0, 0.1) is 11.6 Å². The van der Waals surface area contributed by atoms with E-state index in [2.05, 4.69) is 14.8 Å². The molecule has 2 heterocycles. The van der Waals surface area contributed by atoms with E-state index in [1.165, 1.54) is 12.1 Å². The van der Waals surface area contributed by atoms with Gasteiger partial charge in [-0.25, -0.2) is 8.78 Å². The number of anilines is 1. The zero-order valence-corrected chi connectivity index (χ0v) is 16.0. The van der Waals surface area contributed by atoms with E-state index >= 15 is 0 Å². The van der Waals surface area contributed by atoms with Crippen molar-refractivity contribution in [3.8, 4) is 0 Å². The van der Waals surface area contributed by atoms with Gasteiger partial charge in [0, 0.05) is 50.2 Å². The minimum absolute atomic E-state index is 0.587. The van der Waals surface area contributed by atoms with E-state index in [-0.39, 0.29) is 0 Å². The van der Waals surface area contributed by atoms with E-state index in [1.807, 2.05) is 42.5 Å². The van der Waals surface area contributed by atoms with Crippen molar-refractivity contribution in [1.82, 2.24) is 9.88 Å². The van der Waals surface area contributed by atoms with Crippen LogP contribution >= 0.6 is 0 Å². The van der Waals surface area contributed by atoms with E-state index in [1.54, 1.807) is 12.3 Å². The highest BCUT2D eigenvalue weighted by molar-refractivity contribution is 5.56. The van der Waals surface area contributed by atoms with Gasteiger partial charge in [0.25, 0.3) is 0 Å². The molecule has 0 unspecified atom stereocenters. The fraction of sp³-hybridized carbons (Fsp3) is 0.261. The Morgan fingerprint density at radius 3 is 2.38 bits per heavy atom. The second-order valence-corrected chi connectivity index (χ2v) is 7.23. The lowest BCUT2D eigenvalue weighted by molar-refractivity contribution is 0.214. The molecule has 1 aliphatic heterocycles. The maximum absolute atomic E-state index is 13.4. The van der Waals surface area contributed by atoms with Crippen LogP contribution in [0.15, 0.2) is 66.9 Å². The molecule has 0 bridgehead atoms. The number of aliphatic hydroxyl groups is 1. The highest BCUT2D eigenvalue weighted by atomic mass is 19.2. The van der Waals surface area contributed by atoms with Gasteiger partial charge in [-0.3, -0.25) is 9.88 Å². The van der Waals surface area contributed by atoms with Gasteiger partial charge >= 0.3 is 0 Å². The third-order valence-corrected chi connectivity index (χ3v) is 5.30. The molecular weight excluding hydrogens is 372 g/mol. The molecular formula is C23H23F2N3O. The molecule has 29 heavy (non-hydrogen) atoms. The van der Waals surface area contributed by atoms with Crippen molar-refractivity contribution in [3.05, 3.63) is 95.3 Å². The summed E-state index contributed by atoms with van der Waals surface area (Å²) in [6, 6.07) is 17.4. The highest BCUT2D eigenvalue weighted by Gasteiger charge is 2.23. The lowest BCUT2D eigenvalue weighted by Crippen LogP contribution is -2.46. The summed E-state index contributed by atoms with van der Waals surface area (Å²) in [6.07, 6.45) is 0.894. The van der Waals surface area contributed by atoms with Gasteiger partial charge in [0.05, 0.1) is 5.69 Å². The van der Waals surface area contributed by atoms with E-state index in [4.69, 9.17) is 0 Å². The average molecular weight is 395 g/mol. The zero-order valence-electron chi connectivity index (χ0n) is 16.0. The number of benzene rings is 2. The number of aliphatic hydroxyl groups excluding tert-OH is 1. The molecule has 2 aromatic carbocycles. The summed E-state index contributed by atoms with van der Waals surface area (Å²) in [6.45, 7) is 3.76. The minimum atomic E-state index is -0.818. The van der Waals surface area contributed by atoms with Crippen LogP contribution in [0.1, 0.15) is 22.9 Å². The third kappa shape index (κ3) is 4.44. The molecule has 0 aliphatic carbocycles. The normalized spacial score (nSPS) is 16.0. The molecule has 1 atom stereocenters. The van der Waals surface area contributed by atoms with Crippen LogP contribution in [0.3, 0.4) is 0 Å². The number of hydrogen-bond donors (Lipinski definition) is 1. The van der Waals surface area contributed by atoms with Crippen LogP contribution in [-0.4, -0.2) is 41.2 Å². The van der Waals surface area contributed by atoms with E-state index < -0.39 is 17.7 Å². The first-order chi connectivity index (χ1) is 14.1. The number of para-hydroxylation sites is 1. The van der Waals surface area contributed by atoms with Gasteiger partial charge < -0.3 is 10.0 Å². The number of nitrogens with zero attached hydrogens (tertiary/aromatic N) is 3. The Morgan fingerprint density at radius 2 is 1.66 bits per heavy atom. The lowest BCUT2D eigenvalue weighted by atomic mass is 10.0. The summed E-state index contributed by atoms with van der Waals surface area (Å²) in [7, 11) is 0. The van der Waals surface area contributed by atoms with Gasteiger partial charge in [-0.15, -0.1) is 0 Å². The summed E-state index contributed by atoms with van der Waals surface area (Å²) in [4.78, 5) is 8.76. The summed E-state index contributed by atoms with van der Waals surface area (Å²) in [5, 5.41) is 10.8. The van der Waals surface area contributed by atoms with Crippen LogP contribution in [0.25, 0.3) is 0 Å². The van der Waals surface area contributed by atoms with Gasteiger partial charge in [-0.2, -0.15) is 0 Å². The fourth-order valence-corrected chi connectivity index (χ4v) is 3.75. The van der Waals surface area contributed by atoms with Crippen molar-refractivity contribution in [1.29, 1.82) is 0 Å². The Bertz CT molecular complexity index is 959. The van der Waals surface area contributed by atoms with Crippen LogP contribution < -0.4 is 4.90 Å². The van der Waals surface area contributed by atoms with Crippen LogP contribution in [0.2, 0.25) is 0 Å². The average Bonchev–Trinajstić information content (AvgIpc) is 2.77. The molecule has 6 heteroatoms. The largest absolute Gasteiger partial charge is 0.382 e. The second-order valence-electron chi connectivity index (χ2n) is 7.23. The summed E-state index contributed by atoms with van der Waals surface area (Å²) in [5.74, 6) is -1.62. The number of halogens is 2. The quantitative estimate of drug-likeness (QED) is 0.714. The van der Waals surface area contributed by atoms with Crippen molar-refractivity contribution < 1.29 is 13.9 Å². The maximum Gasteiger partial charge on any atom is 0.159 e. The van der Waals surface area contributed by atoms with Crippen molar-refractivity contribution in [3.63, 3.8) is 0 Å². The molecule has 0 amide bonds. The maximum atomic E-state index is 13.4. The molecule has 1 N–H and O–H groups in total. The first-order valence-corrected chi connectivity index (χ1v) is 9.71. The molecule has 4 rings (SSSR count). The topological polar surface area (TPSA) is 39.6 Å². The van der Waals surface area contributed by atoms with E-state index in [0.717, 1.165) is 43.0 Å². The highest BCUT2D eigenvalue weighted by Crippen LogP contribution is 2.30. The molecule has 1 fully saturated rings. The molecule has 0 spiro atoms. The Kier molecular flexibility index (Phi) is 5.83. The summed E-state index contributed by atoms with van der Waals surface area (Å²) in [5.41, 5.74) is 3.22. The predicted molar refractivity (Wildman–Crippen MR) is 109 cm³/mol. The van der Waals surface area contributed by atoms with Crippen LogP contribution in [0.4, 0.5) is 14.5 Å². The first kappa shape index (κ1) is 19.5. The van der Waals surface area contributed by atoms with Gasteiger partial charge in [0.1, 0.15) is 6.10 Å². The molecule has 4 nitrogen and oxygen atoms in total. The second kappa shape index (κ2) is 8.68. The third-order valence-electron chi connectivity index (χ3n) is 5.30. The SMILES string of the molecule is O[C@H](c1ccccn1)c1ccccc1N1CCN(Cc2ccc(F)c(F)c2)CC1. The van der Waals surface area contributed by atoms with E-state index in [0.29, 0.717) is 12.2 Å². The molecule has 0 radical (unpaired) electrons. The molecule has 150 valence electrons. The van der Waals surface area contributed by atoms with Gasteiger partial charge in [-0.1, -0.05) is 30.3 Å². The standard InChI is InChI=1S/C23H23F2N3O/c24-19-9-8-17(15-20(19)25)16-27-11-13-28(14-12-27)22-7-2-1-5-18(22)23(29)21-6-3-4-10-26-21/h1-10,15,23,29H,11-14,16H2/t23-/m0/s1. The number of aromatic nitrogens is 1. The van der Waals surface area contributed by atoms with Crippen LogP contribution in [0.5, 0.6) is 0 Å². The lowest BCUT2D eigenvalue weighted by Gasteiger charge is -2.37. The minimum Gasteiger partial charge on any atom is -0.382 e.